The van der Waals surface area contributed by atoms with Crippen molar-refractivity contribution in [2.75, 3.05) is 5.32 Å². The SMILES string of the molecule is N#Cc1ccccc1NCc1ccco1. The first-order valence-electron chi connectivity index (χ1n) is 4.65. The van der Waals surface area contributed by atoms with Gasteiger partial charge in [0.25, 0.3) is 0 Å². The van der Waals surface area contributed by atoms with Gasteiger partial charge in [-0.2, -0.15) is 5.26 Å². The number of benzene rings is 1. The van der Waals surface area contributed by atoms with Crippen molar-refractivity contribution in [2.24, 2.45) is 0 Å². The molecule has 0 aliphatic carbocycles. The van der Waals surface area contributed by atoms with Gasteiger partial charge < -0.3 is 9.73 Å². The van der Waals surface area contributed by atoms with E-state index in [4.69, 9.17) is 9.68 Å². The molecule has 0 fully saturated rings. The fourth-order valence-corrected chi connectivity index (χ4v) is 1.33. The lowest BCUT2D eigenvalue weighted by Gasteiger charge is -2.05. The number of hydrogen-bond acceptors (Lipinski definition) is 3. The van der Waals surface area contributed by atoms with Crippen molar-refractivity contribution in [3.05, 3.63) is 54.0 Å². The number of hydrogen-bond donors (Lipinski definition) is 1. The van der Waals surface area contributed by atoms with Crippen molar-refractivity contribution < 1.29 is 4.42 Å². The summed E-state index contributed by atoms with van der Waals surface area (Å²) in [6, 6.07) is 13.3. The maximum Gasteiger partial charge on any atom is 0.122 e. The molecule has 0 radical (unpaired) electrons. The number of nitrogens with one attached hydrogen (secondary N) is 1. The Bertz CT molecular complexity index is 469. The minimum atomic E-state index is 0.589. The Morgan fingerprint density at radius 3 is 2.80 bits per heavy atom. The third-order valence-corrected chi connectivity index (χ3v) is 2.08. The van der Waals surface area contributed by atoms with Gasteiger partial charge in [0.2, 0.25) is 0 Å². The van der Waals surface area contributed by atoms with Crippen LogP contribution in [0.1, 0.15) is 11.3 Å². The van der Waals surface area contributed by atoms with E-state index in [9.17, 15) is 0 Å². The molecule has 0 atom stereocenters. The summed E-state index contributed by atoms with van der Waals surface area (Å²) in [7, 11) is 0. The van der Waals surface area contributed by atoms with Crippen LogP contribution in [0.2, 0.25) is 0 Å². The average molecular weight is 198 g/mol. The summed E-state index contributed by atoms with van der Waals surface area (Å²) in [4.78, 5) is 0. The van der Waals surface area contributed by atoms with Crippen LogP contribution in [0.25, 0.3) is 0 Å². The van der Waals surface area contributed by atoms with Crippen LogP contribution in [0, 0.1) is 11.3 Å². The van der Waals surface area contributed by atoms with Gasteiger partial charge in [-0.25, -0.2) is 0 Å². The zero-order valence-electron chi connectivity index (χ0n) is 8.10. The lowest BCUT2D eigenvalue weighted by atomic mass is 10.2. The van der Waals surface area contributed by atoms with Crippen molar-refractivity contribution in [1.82, 2.24) is 0 Å². The number of anilines is 1. The number of para-hydroxylation sites is 1. The minimum absolute atomic E-state index is 0.589. The molecule has 0 saturated heterocycles. The Labute approximate surface area is 88.0 Å². The van der Waals surface area contributed by atoms with Gasteiger partial charge in [0, 0.05) is 0 Å². The Morgan fingerprint density at radius 2 is 2.07 bits per heavy atom. The van der Waals surface area contributed by atoms with Crippen LogP contribution in [0.5, 0.6) is 0 Å². The Hall–Kier alpha value is -2.21. The van der Waals surface area contributed by atoms with Gasteiger partial charge in [0.15, 0.2) is 0 Å². The van der Waals surface area contributed by atoms with Gasteiger partial charge >= 0.3 is 0 Å². The lowest BCUT2D eigenvalue weighted by molar-refractivity contribution is 0.518. The van der Waals surface area contributed by atoms with Crippen LogP contribution in [-0.2, 0) is 6.54 Å². The Kier molecular flexibility index (Phi) is 2.70. The highest BCUT2D eigenvalue weighted by molar-refractivity contribution is 5.57. The van der Waals surface area contributed by atoms with E-state index < -0.39 is 0 Å². The summed E-state index contributed by atoms with van der Waals surface area (Å²) in [6.07, 6.45) is 1.63. The fraction of sp³-hybridized carbons (Fsp3) is 0.0833. The molecule has 2 rings (SSSR count). The Balaban J connectivity index is 2.08. The average Bonchev–Trinajstić information content (AvgIpc) is 2.79. The van der Waals surface area contributed by atoms with E-state index in [-0.39, 0.29) is 0 Å². The molecule has 3 nitrogen and oxygen atoms in total. The molecule has 15 heavy (non-hydrogen) atoms. The molecule has 1 heterocycles. The summed E-state index contributed by atoms with van der Waals surface area (Å²) >= 11 is 0. The van der Waals surface area contributed by atoms with E-state index in [1.807, 2.05) is 30.3 Å². The van der Waals surface area contributed by atoms with Crippen LogP contribution in [0.3, 0.4) is 0 Å². The van der Waals surface area contributed by atoms with Crippen molar-refractivity contribution in [3.63, 3.8) is 0 Å². The summed E-state index contributed by atoms with van der Waals surface area (Å²) in [5, 5.41) is 12.0. The van der Waals surface area contributed by atoms with Crippen LogP contribution in [0.15, 0.2) is 47.1 Å². The van der Waals surface area contributed by atoms with E-state index in [0.717, 1.165) is 11.4 Å². The molecule has 0 aliphatic heterocycles. The van der Waals surface area contributed by atoms with Crippen molar-refractivity contribution in [1.29, 1.82) is 5.26 Å². The van der Waals surface area contributed by atoms with Gasteiger partial charge in [-0.1, -0.05) is 12.1 Å². The maximum atomic E-state index is 8.86. The number of nitriles is 1. The first-order chi connectivity index (χ1) is 7.40. The van der Waals surface area contributed by atoms with Gasteiger partial charge in [0.1, 0.15) is 11.8 Å². The highest BCUT2D eigenvalue weighted by atomic mass is 16.3. The van der Waals surface area contributed by atoms with Crippen LogP contribution < -0.4 is 5.32 Å². The summed E-state index contributed by atoms with van der Waals surface area (Å²) in [6.45, 7) is 0.589. The van der Waals surface area contributed by atoms with E-state index in [0.29, 0.717) is 12.1 Å². The fourth-order valence-electron chi connectivity index (χ4n) is 1.33. The topological polar surface area (TPSA) is 49.0 Å². The summed E-state index contributed by atoms with van der Waals surface area (Å²) in [5.41, 5.74) is 1.47. The molecule has 0 amide bonds. The van der Waals surface area contributed by atoms with Gasteiger partial charge in [-0.05, 0) is 24.3 Å². The molecule has 74 valence electrons. The molecule has 0 unspecified atom stereocenters. The van der Waals surface area contributed by atoms with Crippen LogP contribution in [0.4, 0.5) is 5.69 Å². The molecule has 0 saturated carbocycles. The van der Waals surface area contributed by atoms with Gasteiger partial charge in [-0.3, -0.25) is 0 Å². The molecule has 0 aliphatic rings. The first kappa shape index (κ1) is 9.35. The number of furan rings is 1. The second-order valence-electron chi connectivity index (χ2n) is 3.09. The van der Waals surface area contributed by atoms with E-state index >= 15 is 0 Å². The monoisotopic (exact) mass is 198 g/mol. The van der Waals surface area contributed by atoms with Crippen LogP contribution in [-0.4, -0.2) is 0 Å². The highest BCUT2D eigenvalue weighted by Crippen LogP contribution is 2.14. The predicted octanol–water partition coefficient (Wildman–Crippen LogP) is 2.76. The highest BCUT2D eigenvalue weighted by Gasteiger charge is 2.00. The van der Waals surface area contributed by atoms with Crippen molar-refractivity contribution >= 4 is 5.69 Å². The molecule has 1 N–H and O–H groups in total. The zero-order valence-corrected chi connectivity index (χ0v) is 8.10. The van der Waals surface area contributed by atoms with Crippen molar-refractivity contribution in [2.45, 2.75) is 6.54 Å². The zero-order chi connectivity index (χ0) is 10.5. The largest absolute Gasteiger partial charge is 0.467 e. The van der Waals surface area contributed by atoms with Gasteiger partial charge in [0.05, 0.1) is 24.1 Å². The number of rotatable bonds is 3. The van der Waals surface area contributed by atoms with Crippen LogP contribution >= 0.6 is 0 Å². The normalized spacial score (nSPS) is 9.53. The molecule has 0 spiro atoms. The molecule has 0 bridgehead atoms. The van der Waals surface area contributed by atoms with E-state index in [2.05, 4.69) is 11.4 Å². The summed E-state index contributed by atoms with van der Waals surface area (Å²) < 4.78 is 5.18. The standard InChI is InChI=1S/C12H10N2O/c13-8-10-4-1-2-6-12(10)14-9-11-5-3-7-15-11/h1-7,14H,9H2. The third-order valence-electron chi connectivity index (χ3n) is 2.08. The maximum absolute atomic E-state index is 8.86. The smallest absolute Gasteiger partial charge is 0.122 e. The predicted molar refractivity (Wildman–Crippen MR) is 57.2 cm³/mol. The first-order valence-corrected chi connectivity index (χ1v) is 4.65. The summed E-state index contributed by atoms with van der Waals surface area (Å²) in [5.74, 6) is 0.850. The van der Waals surface area contributed by atoms with Gasteiger partial charge in [-0.15, -0.1) is 0 Å². The molecule has 1 aromatic carbocycles. The van der Waals surface area contributed by atoms with E-state index in [1.165, 1.54) is 0 Å². The Morgan fingerprint density at radius 1 is 1.20 bits per heavy atom. The second-order valence-corrected chi connectivity index (χ2v) is 3.09. The molecule has 3 heteroatoms. The molecule has 2 aromatic rings. The second kappa shape index (κ2) is 4.34. The minimum Gasteiger partial charge on any atom is -0.467 e. The van der Waals surface area contributed by atoms with Crippen molar-refractivity contribution in [3.8, 4) is 6.07 Å². The quantitative estimate of drug-likeness (QED) is 0.824. The third kappa shape index (κ3) is 2.18. The molecular weight excluding hydrogens is 188 g/mol. The molecule has 1 aromatic heterocycles. The lowest BCUT2D eigenvalue weighted by Crippen LogP contribution is -1.99. The van der Waals surface area contributed by atoms with E-state index in [1.54, 1.807) is 12.3 Å². The molecular formula is C12H10N2O. The number of nitrogens with zero attached hydrogens (tertiary/aromatic N) is 1.